The number of hydrogen-bond donors (Lipinski definition) is 1. The molecule has 0 aromatic carbocycles. The number of rotatable bonds is 5. The second kappa shape index (κ2) is 7.87. The van der Waals surface area contributed by atoms with Crippen LogP contribution in [0.2, 0.25) is 0 Å². The first kappa shape index (κ1) is 15.7. The van der Waals surface area contributed by atoms with Crippen molar-refractivity contribution in [3.05, 3.63) is 0 Å². The average Bonchev–Trinajstić information content (AvgIpc) is 2.66. The number of hydrogen-bond acceptors (Lipinski definition) is 4. The van der Waals surface area contributed by atoms with Crippen molar-refractivity contribution in [3.63, 3.8) is 0 Å². The largest absolute Gasteiger partial charge is 0.459 e. The predicted molar refractivity (Wildman–Crippen MR) is 64.7 cm³/mol. The van der Waals surface area contributed by atoms with Gasteiger partial charge >= 0.3 is 5.97 Å². The lowest BCUT2D eigenvalue weighted by Gasteiger charge is -2.17. The number of esters is 1. The van der Waals surface area contributed by atoms with E-state index in [9.17, 15) is 4.79 Å². The van der Waals surface area contributed by atoms with Crippen LogP contribution in [-0.4, -0.2) is 30.8 Å². The Balaban J connectivity index is 0.00000225. The maximum absolute atomic E-state index is 11.1. The maximum atomic E-state index is 11.1. The van der Waals surface area contributed by atoms with Gasteiger partial charge in [-0.05, 0) is 26.7 Å². The van der Waals surface area contributed by atoms with E-state index in [-0.39, 0.29) is 24.5 Å². The molecule has 0 unspecified atom stereocenters. The van der Waals surface area contributed by atoms with E-state index in [1.54, 1.807) is 6.92 Å². The Morgan fingerprint density at radius 1 is 1.38 bits per heavy atom. The first-order valence-electron chi connectivity index (χ1n) is 5.67. The molecule has 1 aliphatic carbocycles. The van der Waals surface area contributed by atoms with Gasteiger partial charge in [0.15, 0.2) is 0 Å². The van der Waals surface area contributed by atoms with Crippen molar-refractivity contribution in [2.75, 3.05) is 6.61 Å². The molecule has 0 bridgehead atoms. The second-order valence-electron chi connectivity index (χ2n) is 4.28. The molecule has 0 heterocycles. The molecule has 0 saturated heterocycles. The molecule has 2 atom stereocenters. The normalized spacial score (nSPS) is 19.9. The van der Waals surface area contributed by atoms with Gasteiger partial charge in [-0.2, -0.15) is 0 Å². The lowest BCUT2D eigenvalue weighted by molar-refractivity contribution is -0.153. The van der Waals surface area contributed by atoms with Crippen LogP contribution in [0.3, 0.4) is 0 Å². The first-order valence-corrected chi connectivity index (χ1v) is 5.67. The molecule has 1 saturated carbocycles. The maximum Gasteiger partial charge on any atom is 0.322 e. The van der Waals surface area contributed by atoms with E-state index in [0.29, 0.717) is 12.7 Å². The fourth-order valence-electron chi connectivity index (χ4n) is 1.67. The van der Waals surface area contributed by atoms with Crippen molar-refractivity contribution < 1.29 is 14.3 Å². The molecule has 0 radical (unpaired) electrons. The monoisotopic (exact) mass is 251 g/mol. The third kappa shape index (κ3) is 5.68. The van der Waals surface area contributed by atoms with E-state index in [2.05, 4.69) is 0 Å². The summed E-state index contributed by atoms with van der Waals surface area (Å²) in [7, 11) is 0. The van der Waals surface area contributed by atoms with Gasteiger partial charge in [0.05, 0.1) is 12.7 Å². The molecule has 0 spiro atoms. The number of halogens is 1. The summed E-state index contributed by atoms with van der Waals surface area (Å²) in [5.41, 5.74) is 5.39. The van der Waals surface area contributed by atoms with Gasteiger partial charge in [-0.1, -0.05) is 12.8 Å². The van der Waals surface area contributed by atoms with Crippen LogP contribution < -0.4 is 5.73 Å². The van der Waals surface area contributed by atoms with Crippen LogP contribution in [0.4, 0.5) is 0 Å². The predicted octanol–water partition coefficient (Wildman–Crippen LogP) is 1.65. The summed E-state index contributed by atoms with van der Waals surface area (Å²) in [6, 6.07) is -0.557. The van der Waals surface area contributed by atoms with E-state index < -0.39 is 6.04 Å². The molecule has 1 aliphatic rings. The number of ether oxygens (including phenoxy) is 2. The Kier molecular flexibility index (Phi) is 7.72. The fraction of sp³-hybridized carbons (Fsp3) is 0.909. The highest BCUT2D eigenvalue weighted by Crippen LogP contribution is 2.21. The van der Waals surface area contributed by atoms with Gasteiger partial charge in [-0.25, -0.2) is 0 Å². The molecule has 16 heavy (non-hydrogen) atoms. The molecular formula is C11H22ClNO3. The van der Waals surface area contributed by atoms with Crippen molar-refractivity contribution >= 4 is 18.4 Å². The molecule has 4 nitrogen and oxygen atoms in total. The summed E-state index contributed by atoms with van der Waals surface area (Å²) < 4.78 is 10.7. The van der Waals surface area contributed by atoms with Crippen LogP contribution in [0.25, 0.3) is 0 Å². The highest BCUT2D eigenvalue weighted by molar-refractivity contribution is 5.85. The molecule has 5 heteroatoms. The molecule has 1 rings (SSSR count). The lowest BCUT2D eigenvalue weighted by atomic mass is 10.3. The van der Waals surface area contributed by atoms with Gasteiger partial charge in [0.25, 0.3) is 0 Å². The van der Waals surface area contributed by atoms with Crippen LogP contribution in [0, 0.1) is 0 Å². The van der Waals surface area contributed by atoms with Crippen LogP contribution in [-0.2, 0) is 14.3 Å². The molecule has 1 fully saturated rings. The van der Waals surface area contributed by atoms with Crippen molar-refractivity contribution in [3.8, 4) is 0 Å². The third-order valence-corrected chi connectivity index (χ3v) is 2.56. The minimum Gasteiger partial charge on any atom is -0.459 e. The summed E-state index contributed by atoms with van der Waals surface area (Å²) in [6.45, 7) is 3.92. The van der Waals surface area contributed by atoms with Crippen molar-refractivity contribution in [2.24, 2.45) is 5.73 Å². The zero-order valence-electron chi connectivity index (χ0n) is 9.98. The van der Waals surface area contributed by atoms with Crippen LogP contribution in [0.15, 0.2) is 0 Å². The van der Waals surface area contributed by atoms with Crippen molar-refractivity contribution in [1.82, 2.24) is 0 Å². The minimum atomic E-state index is -0.557. The number of carbonyl (C=O) groups is 1. The lowest BCUT2D eigenvalue weighted by Crippen LogP contribution is -2.33. The van der Waals surface area contributed by atoms with Gasteiger partial charge in [0, 0.05) is 0 Å². The smallest absolute Gasteiger partial charge is 0.322 e. The summed E-state index contributed by atoms with van der Waals surface area (Å²) in [5.74, 6) is -0.363. The summed E-state index contributed by atoms with van der Waals surface area (Å²) in [6.07, 6.45) is 4.92. The topological polar surface area (TPSA) is 61.6 Å². The Bertz CT molecular complexity index is 205. The van der Waals surface area contributed by atoms with Gasteiger partial charge in [-0.15, -0.1) is 12.4 Å². The van der Waals surface area contributed by atoms with E-state index in [4.69, 9.17) is 15.2 Å². The molecular weight excluding hydrogens is 230 g/mol. The SMILES string of the molecule is C[C@H](N)C(=O)O[C@@H](C)COC1CCCC1.Cl. The van der Waals surface area contributed by atoms with E-state index >= 15 is 0 Å². The summed E-state index contributed by atoms with van der Waals surface area (Å²) in [5, 5.41) is 0. The fourth-order valence-corrected chi connectivity index (χ4v) is 1.67. The van der Waals surface area contributed by atoms with Gasteiger partial charge in [0.2, 0.25) is 0 Å². The van der Waals surface area contributed by atoms with Gasteiger partial charge in [-0.3, -0.25) is 4.79 Å². The number of nitrogens with two attached hydrogens (primary N) is 1. The van der Waals surface area contributed by atoms with E-state index in [0.717, 1.165) is 12.8 Å². The molecule has 0 amide bonds. The van der Waals surface area contributed by atoms with Crippen LogP contribution in [0.5, 0.6) is 0 Å². The molecule has 96 valence electrons. The Hall–Kier alpha value is -0.320. The Morgan fingerprint density at radius 3 is 2.44 bits per heavy atom. The average molecular weight is 252 g/mol. The molecule has 0 aromatic rings. The second-order valence-corrected chi connectivity index (χ2v) is 4.28. The van der Waals surface area contributed by atoms with E-state index in [1.165, 1.54) is 12.8 Å². The van der Waals surface area contributed by atoms with Crippen LogP contribution in [0.1, 0.15) is 39.5 Å². The highest BCUT2D eigenvalue weighted by atomic mass is 35.5. The summed E-state index contributed by atoms with van der Waals surface area (Å²) >= 11 is 0. The quantitative estimate of drug-likeness (QED) is 0.755. The third-order valence-electron chi connectivity index (χ3n) is 2.56. The zero-order chi connectivity index (χ0) is 11.3. The molecule has 0 aliphatic heterocycles. The minimum absolute atomic E-state index is 0. The standard InChI is InChI=1S/C11H21NO3.ClH/c1-8(15-11(13)9(2)12)7-14-10-5-3-4-6-10;/h8-10H,3-7,12H2,1-2H3;1H/t8-,9-;/m0./s1. The van der Waals surface area contributed by atoms with Crippen molar-refractivity contribution in [2.45, 2.75) is 57.8 Å². The number of carbonyl (C=O) groups excluding carboxylic acids is 1. The van der Waals surface area contributed by atoms with Gasteiger partial charge < -0.3 is 15.2 Å². The Morgan fingerprint density at radius 2 is 1.94 bits per heavy atom. The van der Waals surface area contributed by atoms with E-state index in [1.807, 2.05) is 6.92 Å². The van der Waals surface area contributed by atoms with Gasteiger partial charge in [0.1, 0.15) is 12.1 Å². The molecule has 2 N–H and O–H groups in total. The highest BCUT2D eigenvalue weighted by Gasteiger charge is 2.18. The van der Waals surface area contributed by atoms with Crippen LogP contribution >= 0.6 is 12.4 Å². The zero-order valence-corrected chi connectivity index (χ0v) is 10.8. The molecule has 0 aromatic heterocycles. The Labute approximate surface area is 103 Å². The van der Waals surface area contributed by atoms with Crippen molar-refractivity contribution in [1.29, 1.82) is 0 Å². The first-order chi connectivity index (χ1) is 7.09. The summed E-state index contributed by atoms with van der Waals surface area (Å²) in [4.78, 5) is 11.1.